The van der Waals surface area contributed by atoms with Gasteiger partial charge in [0, 0.05) is 18.0 Å². The number of carbonyl (C=O) groups is 1. The number of fused-ring (bicyclic) bond motifs is 1. The molecule has 0 saturated heterocycles. The standard InChI is InChI=1S/C17H20N2O2S/c20-12-15(13-4-2-1-3-5-13)18-10-17(21)19-8-6-16-14(11-19)7-9-22-16/h1-5,7,9,15,18,20H,6,8,10-12H2. The Balaban J connectivity index is 1.56. The first-order valence-electron chi connectivity index (χ1n) is 7.50. The highest BCUT2D eigenvalue weighted by molar-refractivity contribution is 7.10. The first-order valence-corrected chi connectivity index (χ1v) is 8.38. The minimum Gasteiger partial charge on any atom is -0.394 e. The molecule has 1 atom stereocenters. The number of amides is 1. The molecule has 0 saturated carbocycles. The predicted molar refractivity (Wildman–Crippen MR) is 87.7 cm³/mol. The SMILES string of the molecule is O=C(CNC(CO)c1ccccc1)N1CCc2sccc2C1. The Labute approximate surface area is 134 Å². The molecule has 1 aromatic heterocycles. The first-order chi connectivity index (χ1) is 10.8. The molecule has 2 heterocycles. The molecule has 0 spiro atoms. The summed E-state index contributed by atoms with van der Waals surface area (Å²) in [5.41, 5.74) is 2.27. The van der Waals surface area contributed by atoms with Gasteiger partial charge in [0.15, 0.2) is 0 Å². The molecule has 22 heavy (non-hydrogen) atoms. The summed E-state index contributed by atoms with van der Waals surface area (Å²) in [6.45, 7) is 1.71. The maximum Gasteiger partial charge on any atom is 0.236 e. The van der Waals surface area contributed by atoms with Crippen LogP contribution in [0.3, 0.4) is 0 Å². The van der Waals surface area contributed by atoms with E-state index in [1.54, 1.807) is 11.3 Å². The van der Waals surface area contributed by atoms with Gasteiger partial charge in [-0.25, -0.2) is 0 Å². The van der Waals surface area contributed by atoms with Gasteiger partial charge in [-0.15, -0.1) is 11.3 Å². The van der Waals surface area contributed by atoms with E-state index >= 15 is 0 Å². The monoisotopic (exact) mass is 316 g/mol. The molecule has 0 radical (unpaired) electrons. The van der Waals surface area contributed by atoms with Gasteiger partial charge in [0.2, 0.25) is 5.91 Å². The van der Waals surface area contributed by atoms with E-state index < -0.39 is 0 Å². The topological polar surface area (TPSA) is 52.6 Å². The largest absolute Gasteiger partial charge is 0.394 e. The predicted octanol–water partition coefficient (Wildman–Crippen LogP) is 1.96. The highest BCUT2D eigenvalue weighted by atomic mass is 32.1. The van der Waals surface area contributed by atoms with Crippen LogP contribution in [0.2, 0.25) is 0 Å². The van der Waals surface area contributed by atoms with E-state index in [0.717, 1.165) is 18.5 Å². The van der Waals surface area contributed by atoms with Gasteiger partial charge in [-0.1, -0.05) is 30.3 Å². The average Bonchev–Trinajstić information content (AvgIpc) is 3.03. The Morgan fingerprint density at radius 1 is 1.32 bits per heavy atom. The lowest BCUT2D eigenvalue weighted by atomic mass is 10.1. The van der Waals surface area contributed by atoms with Gasteiger partial charge in [0.05, 0.1) is 19.2 Å². The molecule has 116 valence electrons. The fraction of sp³-hybridized carbons (Fsp3) is 0.353. The summed E-state index contributed by atoms with van der Waals surface area (Å²) in [6.07, 6.45) is 0.945. The van der Waals surface area contributed by atoms with E-state index in [1.165, 1.54) is 10.4 Å². The molecule has 4 nitrogen and oxygen atoms in total. The van der Waals surface area contributed by atoms with Crippen molar-refractivity contribution in [3.63, 3.8) is 0 Å². The minimum absolute atomic E-state index is 0.0219. The maximum atomic E-state index is 12.4. The molecule has 1 aliphatic rings. The number of nitrogens with one attached hydrogen (secondary N) is 1. The van der Waals surface area contributed by atoms with Crippen LogP contribution in [0.15, 0.2) is 41.8 Å². The lowest BCUT2D eigenvalue weighted by Gasteiger charge is -2.28. The van der Waals surface area contributed by atoms with E-state index in [-0.39, 0.29) is 25.1 Å². The van der Waals surface area contributed by atoms with Gasteiger partial charge in [-0.3, -0.25) is 10.1 Å². The zero-order chi connectivity index (χ0) is 15.4. The van der Waals surface area contributed by atoms with Gasteiger partial charge in [0.25, 0.3) is 0 Å². The second kappa shape index (κ2) is 7.05. The molecular formula is C17H20N2O2S. The van der Waals surface area contributed by atoms with E-state index in [1.807, 2.05) is 35.2 Å². The molecule has 2 N–H and O–H groups in total. The first kappa shape index (κ1) is 15.2. The quantitative estimate of drug-likeness (QED) is 0.886. The third-order valence-electron chi connectivity index (χ3n) is 4.04. The number of nitrogens with zero attached hydrogens (tertiary/aromatic N) is 1. The summed E-state index contributed by atoms with van der Waals surface area (Å²) in [7, 11) is 0. The number of hydrogen-bond donors (Lipinski definition) is 2. The zero-order valence-electron chi connectivity index (χ0n) is 12.4. The van der Waals surface area contributed by atoms with Crippen molar-refractivity contribution >= 4 is 17.2 Å². The molecule has 1 unspecified atom stereocenters. The van der Waals surface area contributed by atoms with Crippen LogP contribution in [-0.4, -0.2) is 35.6 Å². The van der Waals surface area contributed by atoms with Crippen LogP contribution in [0.5, 0.6) is 0 Å². The lowest BCUT2D eigenvalue weighted by molar-refractivity contribution is -0.131. The van der Waals surface area contributed by atoms with Crippen molar-refractivity contribution in [3.05, 3.63) is 57.8 Å². The summed E-state index contributed by atoms with van der Waals surface area (Å²) in [6, 6.07) is 11.6. The number of aliphatic hydroxyl groups is 1. The Morgan fingerprint density at radius 2 is 2.14 bits per heavy atom. The van der Waals surface area contributed by atoms with E-state index in [9.17, 15) is 9.90 Å². The van der Waals surface area contributed by atoms with Crippen LogP contribution in [0, 0.1) is 0 Å². The van der Waals surface area contributed by atoms with Crippen molar-refractivity contribution in [1.82, 2.24) is 10.2 Å². The number of hydrogen-bond acceptors (Lipinski definition) is 4. The zero-order valence-corrected chi connectivity index (χ0v) is 13.2. The summed E-state index contributed by atoms with van der Waals surface area (Å²) in [5, 5.41) is 14.8. The Bertz CT molecular complexity index is 627. The molecule has 3 rings (SSSR count). The van der Waals surface area contributed by atoms with Crippen molar-refractivity contribution in [3.8, 4) is 0 Å². The van der Waals surface area contributed by atoms with E-state index in [4.69, 9.17) is 0 Å². The van der Waals surface area contributed by atoms with Crippen molar-refractivity contribution in [2.24, 2.45) is 0 Å². The summed E-state index contributed by atoms with van der Waals surface area (Å²) in [4.78, 5) is 15.7. The number of benzene rings is 1. The van der Waals surface area contributed by atoms with Crippen LogP contribution in [0.1, 0.15) is 22.0 Å². The second-order valence-electron chi connectivity index (χ2n) is 5.46. The Kier molecular flexibility index (Phi) is 4.87. The summed E-state index contributed by atoms with van der Waals surface area (Å²) < 4.78 is 0. The van der Waals surface area contributed by atoms with E-state index in [2.05, 4.69) is 16.8 Å². The maximum absolute atomic E-state index is 12.4. The molecule has 0 aliphatic carbocycles. The molecule has 0 bridgehead atoms. The average molecular weight is 316 g/mol. The van der Waals surface area contributed by atoms with Crippen LogP contribution in [-0.2, 0) is 17.8 Å². The number of rotatable bonds is 5. The fourth-order valence-corrected chi connectivity index (χ4v) is 3.65. The lowest BCUT2D eigenvalue weighted by Crippen LogP contribution is -2.42. The minimum atomic E-state index is -0.202. The molecule has 5 heteroatoms. The van der Waals surface area contributed by atoms with Crippen molar-refractivity contribution in [2.45, 2.75) is 19.0 Å². The van der Waals surface area contributed by atoms with Crippen molar-refractivity contribution < 1.29 is 9.90 Å². The van der Waals surface area contributed by atoms with Crippen LogP contribution >= 0.6 is 11.3 Å². The fourth-order valence-electron chi connectivity index (χ4n) is 2.76. The van der Waals surface area contributed by atoms with E-state index in [0.29, 0.717) is 6.54 Å². The third kappa shape index (κ3) is 3.38. The highest BCUT2D eigenvalue weighted by Crippen LogP contribution is 2.24. The molecule has 1 aliphatic heterocycles. The normalized spacial score (nSPS) is 15.4. The molecular weight excluding hydrogens is 296 g/mol. The second-order valence-corrected chi connectivity index (χ2v) is 6.46. The third-order valence-corrected chi connectivity index (χ3v) is 5.07. The van der Waals surface area contributed by atoms with Crippen LogP contribution in [0.25, 0.3) is 0 Å². The molecule has 0 fully saturated rings. The van der Waals surface area contributed by atoms with Crippen LogP contribution < -0.4 is 5.32 Å². The van der Waals surface area contributed by atoms with Crippen LogP contribution in [0.4, 0.5) is 0 Å². The number of carbonyl (C=O) groups excluding carboxylic acids is 1. The van der Waals surface area contributed by atoms with Crippen molar-refractivity contribution in [2.75, 3.05) is 19.7 Å². The Hall–Kier alpha value is -1.69. The van der Waals surface area contributed by atoms with Gasteiger partial charge < -0.3 is 10.0 Å². The summed E-state index contributed by atoms with van der Waals surface area (Å²) in [5.74, 6) is 0.0891. The van der Waals surface area contributed by atoms with Gasteiger partial charge in [0.1, 0.15) is 0 Å². The molecule has 2 aromatic rings. The Morgan fingerprint density at radius 3 is 2.91 bits per heavy atom. The van der Waals surface area contributed by atoms with Crippen molar-refractivity contribution in [1.29, 1.82) is 0 Å². The number of aliphatic hydroxyl groups excluding tert-OH is 1. The van der Waals surface area contributed by atoms with Gasteiger partial charge >= 0.3 is 0 Å². The van der Waals surface area contributed by atoms with Gasteiger partial charge in [-0.05, 0) is 29.0 Å². The number of thiophene rings is 1. The van der Waals surface area contributed by atoms with Gasteiger partial charge in [-0.2, -0.15) is 0 Å². The highest BCUT2D eigenvalue weighted by Gasteiger charge is 2.22. The smallest absolute Gasteiger partial charge is 0.236 e. The molecule has 1 aromatic carbocycles. The molecule has 1 amide bonds. The summed E-state index contributed by atoms with van der Waals surface area (Å²) >= 11 is 1.77.